The van der Waals surface area contributed by atoms with Gasteiger partial charge in [0.1, 0.15) is 0 Å². The molecular formula is C9H20N2O2. The van der Waals surface area contributed by atoms with Crippen molar-refractivity contribution in [3.63, 3.8) is 0 Å². The first-order valence-corrected chi connectivity index (χ1v) is 4.84. The summed E-state index contributed by atoms with van der Waals surface area (Å²) in [4.78, 5) is 10.8. The lowest BCUT2D eigenvalue weighted by Gasteiger charge is -2.11. The average Bonchev–Trinajstić information content (AvgIpc) is 2.12. The van der Waals surface area contributed by atoms with Crippen LogP contribution in [0.25, 0.3) is 0 Å². The van der Waals surface area contributed by atoms with E-state index in [0.717, 1.165) is 13.0 Å². The lowest BCUT2D eigenvalue weighted by atomic mass is 10.3. The number of hydrogen-bond donors (Lipinski definition) is 2. The minimum absolute atomic E-state index is 0.339. The molecule has 4 nitrogen and oxygen atoms in total. The van der Waals surface area contributed by atoms with Crippen LogP contribution in [0, 0.1) is 0 Å². The predicted molar refractivity (Wildman–Crippen MR) is 52.8 cm³/mol. The zero-order valence-corrected chi connectivity index (χ0v) is 8.72. The number of hydrogen-bond acceptors (Lipinski definition) is 3. The highest BCUT2D eigenvalue weighted by molar-refractivity contribution is 5.66. The molecular weight excluding hydrogens is 168 g/mol. The number of alkyl carbamates (subject to hydrolysis) is 1. The van der Waals surface area contributed by atoms with E-state index < -0.39 is 0 Å². The maximum Gasteiger partial charge on any atom is 0.407 e. The number of nitrogens with one attached hydrogen (secondary N) is 2. The first kappa shape index (κ1) is 12.2. The highest BCUT2D eigenvalue weighted by Crippen LogP contribution is 1.85. The Balaban J connectivity index is 3.20. The van der Waals surface area contributed by atoms with Gasteiger partial charge in [-0.25, -0.2) is 4.79 Å². The fourth-order valence-corrected chi connectivity index (χ4v) is 0.810. The van der Waals surface area contributed by atoms with Crippen LogP contribution in [0.5, 0.6) is 0 Å². The Hall–Kier alpha value is -0.770. The van der Waals surface area contributed by atoms with E-state index in [1.165, 1.54) is 0 Å². The van der Waals surface area contributed by atoms with E-state index in [0.29, 0.717) is 19.2 Å². The van der Waals surface area contributed by atoms with Gasteiger partial charge >= 0.3 is 6.09 Å². The molecule has 0 saturated carbocycles. The van der Waals surface area contributed by atoms with E-state index in [2.05, 4.69) is 24.5 Å². The van der Waals surface area contributed by atoms with Crippen molar-refractivity contribution in [3.05, 3.63) is 0 Å². The molecule has 0 spiro atoms. The van der Waals surface area contributed by atoms with Crippen molar-refractivity contribution in [2.24, 2.45) is 0 Å². The minimum atomic E-state index is -0.339. The van der Waals surface area contributed by atoms with Crippen molar-refractivity contribution in [2.75, 3.05) is 19.7 Å². The molecule has 0 aliphatic carbocycles. The highest BCUT2D eigenvalue weighted by Gasteiger charge is 1.99. The second kappa shape index (κ2) is 7.86. The summed E-state index contributed by atoms with van der Waals surface area (Å²) in [5, 5.41) is 5.90. The molecule has 13 heavy (non-hydrogen) atoms. The molecule has 1 atom stereocenters. The Morgan fingerprint density at radius 1 is 1.38 bits per heavy atom. The molecule has 1 amide bonds. The zero-order chi connectivity index (χ0) is 10.1. The molecule has 0 radical (unpaired) electrons. The standard InChI is InChI=1S/C9H20N2O2/c1-4-8(3)10-6-7-11-9(12)13-5-2/h8,10H,4-7H2,1-3H3,(H,11,12). The van der Waals surface area contributed by atoms with Gasteiger partial charge in [-0.1, -0.05) is 6.92 Å². The molecule has 0 bridgehead atoms. The summed E-state index contributed by atoms with van der Waals surface area (Å²) in [5.41, 5.74) is 0. The molecule has 0 heterocycles. The van der Waals surface area contributed by atoms with Crippen LogP contribution >= 0.6 is 0 Å². The van der Waals surface area contributed by atoms with Gasteiger partial charge in [0.15, 0.2) is 0 Å². The smallest absolute Gasteiger partial charge is 0.407 e. The third kappa shape index (κ3) is 7.59. The van der Waals surface area contributed by atoms with E-state index >= 15 is 0 Å². The fraction of sp³-hybridized carbons (Fsp3) is 0.889. The average molecular weight is 188 g/mol. The van der Waals surface area contributed by atoms with Crippen LogP contribution in [0.4, 0.5) is 4.79 Å². The van der Waals surface area contributed by atoms with Gasteiger partial charge in [0, 0.05) is 19.1 Å². The van der Waals surface area contributed by atoms with E-state index in [-0.39, 0.29) is 6.09 Å². The molecule has 78 valence electrons. The summed E-state index contributed by atoms with van der Waals surface area (Å²) in [6.45, 7) is 7.85. The fourth-order valence-electron chi connectivity index (χ4n) is 0.810. The van der Waals surface area contributed by atoms with Crippen molar-refractivity contribution < 1.29 is 9.53 Å². The number of rotatable bonds is 6. The van der Waals surface area contributed by atoms with E-state index in [9.17, 15) is 4.79 Å². The van der Waals surface area contributed by atoms with Crippen LogP contribution in [0.15, 0.2) is 0 Å². The van der Waals surface area contributed by atoms with Gasteiger partial charge < -0.3 is 15.4 Å². The topological polar surface area (TPSA) is 50.4 Å². The summed E-state index contributed by atoms with van der Waals surface area (Å²) in [6.07, 6.45) is 0.757. The van der Waals surface area contributed by atoms with Gasteiger partial charge in [0.05, 0.1) is 6.61 Å². The van der Waals surface area contributed by atoms with Crippen molar-refractivity contribution in [3.8, 4) is 0 Å². The Kier molecular flexibility index (Phi) is 7.39. The second-order valence-corrected chi connectivity index (χ2v) is 2.91. The normalized spacial score (nSPS) is 12.2. The number of amides is 1. The van der Waals surface area contributed by atoms with Crippen LogP contribution < -0.4 is 10.6 Å². The lowest BCUT2D eigenvalue weighted by Crippen LogP contribution is -2.35. The van der Waals surface area contributed by atoms with Gasteiger partial charge in [-0.3, -0.25) is 0 Å². The first-order valence-electron chi connectivity index (χ1n) is 4.84. The number of carbonyl (C=O) groups is 1. The lowest BCUT2D eigenvalue weighted by molar-refractivity contribution is 0.152. The molecule has 0 aliphatic heterocycles. The molecule has 0 saturated heterocycles. The van der Waals surface area contributed by atoms with Crippen LogP contribution in [0.2, 0.25) is 0 Å². The van der Waals surface area contributed by atoms with Crippen molar-refractivity contribution in [2.45, 2.75) is 33.2 Å². The van der Waals surface area contributed by atoms with Crippen LogP contribution in [0.1, 0.15) is 27.2 Å². The predicted octanol–water partition coefficient (Wildman–Crippen LogP) is 1.12. The zero-order valence-electron chi connectivity index (χ0n) is 8.72. The molecule has 0 aromatic carbocycles. The third-order valence-corrected chi connectivity index (χ3v) is 1.77. The van der Waals surface area contributed by atoms with Gasteiger partial charge in [0.2, 0.25) is 0 Å². The molecule has 0 fully saturated rings. The second-order valence-electron chi connectivity index (χ2n) is 2.91. The van der Waals surface area contributed by atoms with E-state index in [1.807, 2.05) is 0 Å². The maximum absolute atomic E-state index is 10.8. The largest absolute Gasteiger partial charge is 0.450 e. The summed E-state index contributed by atoms with van der Waals surface area (Å²) in [6, 6.07) is 0.504. The van der Waals surface area contributed by atoms with Crippen LogP contribution in [-0.2, 0) is 4.74 Å². The maximum atomic E-state index is 10.8. The van der Waals surface area contributed by atoms with Crippen molar-refractivity contribution in [1.29, 1.82) is 0 Å². The molecule has 0 aromatic rings. The van der Waals surface area contributed by atoms with Gasteiger partial charge in [-0.2, -0.15) is 0 Å². The Morgan fingerprint density at radius 3 is 2.62 bits per heavy atom. The minimum Gasteiger partial charge on any atom is -0.450 e. The SMILES string of the molecule is CCOC(=O)NCCNC(C)CC. The van der Waals surface area contributed by atoms with E-state index in [1.54, 1.807) is 6.92 Å². The quantitative estimate of drug-likeness (QED) is 0.614. The Morgan fingerprint density at radius 2 is 2.08 bits per heavy atom. The van der Waals surface area contributed by atoms with Gasteiger partial charge in [-0.05, 0) is 20.3 Å². The molecule has 4 heteroatoms. The number of carbonyl (C=O) groups excluding carboxylic acids is 1. The highest BCUT2D eigenvalue weighted by atomic mass is 16.5. The Labute approximate surface area is 80.0 Å². The molecule has 1 unspecified atom stereocenters. The first-order chi connectivity index (χ1) is 6.20. The summed E-state index contributed by atoms with van der Waals surface area (Å²) < 4.78 is 4.70. The third-order valence-electron chi connectivity index (χ3n) is 1.77. The van der Waals surface area contributed by atoms with Crippen LogP contribution in [0.3, 0.4) is 0 Å². The summed E-state index contributed by atoms with van der Waals surface area (Å²) in [5.74, 6) is 0. The van der Waals surface area contributed by atoms with Crippen molar-refractivity contribution >= 4 is 6.09 Å². The van der Waals surface area contributed by atoms with Gasteiger partial charge in [-0.15, -0.1) is 0 Å². The monoisotopic (exact) mass is 188 g/mol. The molecule has 0 aliphatic rings. The summed E-state index contributed by atoms with van der Waals surface area (Å²) >= 11 is 0. The molecule has 0 rings (SSSR count). The summed E-state index contributed by atoms with van der Waals surface area (Å²) in [7, 11) is 0. The van der Waals surface area contributed by atoms with Crippen molar-refractivity contribution in [1.82, 2.24) is 10.6 Å². The molecule has 0 aromatic heterocycles. The van der Waals surface area contributed by atoms with E-state index in [4.69, 9.17) is 4.74 Å². The number of ether oxygens (including phenoxy) is 1. The molecule has 2 N–H and O–H groups in total. The Bertz CT molecular complexity index is 140. The van der Waals surface area contributed by atoms with Crippen LogP contribution in [-0.4, -0.2) is 31.8 Å². The van der Waals surface area contributed by atoms with Gasteiger partial charge in [0.25, 0.3) is 0 Å².